The summed E-state index contributed by atoms with van der Waals surface area (Å²) >= 11 is 0. The average Bonchev–Trinajstić information content (AvgIpc) is 2.55. The van der Waals surface area contributed by atoms with Crippen molar-refractivity contribution in [1.82, 2.24) is 5.32 Å². The van der Waals surface area contributed by atoms with Crippen LogP contribution in [0, 0.1) is 5.92 Å². The van der Waals surface area contributed by atoms with Crippen molar-refractivity contribution >= 4 is 0 Å². The van der Waals surface area contributed by atoms with Gasteiger partial charge in [-0.3, -0.25) is 0 Å². The lowest BCUT2D eigenvalue weighted by Crippen LogP contribution is -2.37. The number of hydrogen-bond donors (Lipinski definition) is 2. The molecule has 16 heavy (non-hydrogen) atoms. The van der Waals surface area contributed by atoms with Gasteiger partial charge in [-0.05, 0) is 31.7 Å². The third-order valence-electron chi connectivity index (χ3n) is 3.52. The lowest BCUT2D eigenvalue weighted by atomic mass is 10.00. The van der Waals surface area contributed by atoms with Crippen molar-refractivity contribution in [3.05, 3.63) is 0 Å². The van der Waals surface area contributed by atoms with Gasteiger partial charge in [0.05, 0.1) is 6.61 Å². The third kappa shape index (κ3) is 5.83. The average molecular weight is 229 g/mol. The smallest absolute Gasteiger partial charge is 0.0616 e. The maximum atomic E-state index is 8.95. The first-order valence-corrected chi connectivity index (χ1v) is 6.70. The molecule has 0 radical (unpaired) electrons. The Hall–Kier alpha value is -0.120. The second kappa shape index (κ2) is 8.97. The molecule has 1 aliphatic rings. The fourth-order valence-electron chi connectivity index (χ4n) is 2.50. The molecule has 0 bridgehead atoms. The molecule has 96 valence electrons. The zero-order chi connectivity index (χ0) is 11.6. The number of aliphatic hydroxyl groups excluding tert-OH is 1. The van der Waals surface area contributed by atoms with Crippen LogP contribution in [-0.4, -0.2) is 38.0 Å². The Kier molecular flexibility index (Phi) is 7.81. The van der Waals surface area contributed by atoms with Gasteiger partial charge in [0.25, 0.3) is 0 Å². The van der Waals surface area contributed by atoms with Gasteiger partial charge in [0.2, 0.25) is 0 Å². The van der Waals surface area contributed by atoms with Gasteiger partial charge < -0.3 is 15.2 Å². The highest BCUT2D eigenvalue weighted by Crippen LogP contribution is 2.22. The van der Waals surface area contributed by atoms with Crippen molar-refractivity contribution < 1.29 is 9.84 Å². The van der Waals surface area contributed by atoms with Gasteiger partial charge in [-0.2, -0.15) is 0 Å². The van der Waals surface area contributed by atoms with Crippen LogP contribution in [0.4, 0.5) is 0 Å². The van der Waals surface area contributed by atoms with Crippen LogP contribution >= 0.6 is 0 Å². The molecule has 3 heteroatoms. The maximum absolute atomic E-state index is 8.95. The second-order valence-corrected chi connectivity index (χ2v) is 4.93. The van der Waals surface area contributed by atoms with Gasteiger partial charge in [-0.25, -0.2) is 0 Å². The van der Waals surface area contributed by atoms with E-state index in [0.717, 1.165) is 18.9 Å². The van der Waals surface area contributed by atoms with E-state index in [1.165, 1.54) is 38.5 Å². The van der Waals surface area contributed by atoms with E-state index in [1.807, 2.05) is 0 Å². The van der Waals surface area contributed by atoms with Gasteiger partial charge in [0, 0.05) is 19.8 Å². The summed E-state index contributed by atoms with van der Waals surface area (Å²) in [5.74, 6) is 0.834. The number of nitrogens with one attached hydrogen (secondary N) is 1. The molecule has 0 saturated heterocycles. The van der Waals surface area contributed by atoms with Crippen LogP contribution < -0.4 is 5.32 Å². The quantitative estimate of drug-likeness (QED) is 0.656. The first-order valence-electron chi connectivity index (χ1n) is 6.70. The molecule has 0 aliphatic heterocycles. The lowest BCUT2D eigenvalue weighted by Gasteiger charge is -2.21. The summed E-state index contributed by atoms with van der Waals surface area (Å²) in [6.07, 6.45) is 9.13. The Labute approximate surface area is 99.6 Å². The normalized spacial score (nSPS) is 20.6. The topological polar surface area (TPSA) is 41.5 Å². The standard InChI is InChI=1S/C13H27NO2/c1-16-11-13(8-9-15)14-10-12-6-4-2-3-5-7-12/h12-15H,2-11H2,1H3. The molecule has 1 unspecified atom stereocenters. The number of hydrogen-bond acceptors (Lipinski definition) is 3. The molecular formula is C13H27NO2. The molecule has 0 aromatic carbocycles. The third-order valence-corrected chi connectivity index (χ3v) is 3.52. The second-order valence-electron chi connectivity index (χ2n) is 4.93. The highest BCUT2D eigenvalue weighted by molar-refractivity contribution is 4.71. The van der Waals surface area contributed by atoms with Crippen molar-refractivity contribution in [1.29, 1.82) is 0 Å². The van der Waals surface area contributed by atoms with Crippen LogP contribution in [0.1, 0.15) is 44.9 Å². The molecular weight excluding hydrogens is 202 g/mol. The Bertz CT molecular complexity index is 148. The van der Waals surface area contributed by atoms with Crippen molar-refractivity contribution in [3.63, 3.8) is 0 Å². The SMILES string of the molecule is COCC(CCO)NCC1CCCCCC1. The van der Waals surface area contributed by atoms with Crippen LogP contribution in [0.2, 0.25) is 0 Å². The molecule has 1 aliphatic carbocycles. The van der Waals surface area contributed by atoms with E-state index in [2.05, 4.69) is 5.32 Å². The molecule has 3 nitrogen and oxygen atoms in total. The van der Waals surface area contributed by atoms with Crippen LogP contribution in [0.25, 0.3) is 0 Å². The fraction of sp³-hybridized carbons (Fsp3) is 1.00. The van der Waals surface area contributed by atoms with E-state index in [-0.39, 0.29) is 6.61 Å². The van der Waals surface area contributed by atoms with Gasteiger partial charge in [-0.15, -0.1) is 0 Å². The van der Waals surface area contributed by atoms with Crippen LogP contribution in [-0.2, 0) is 4.74 Å². The van der Waals surface area contributed by atoms with Gasteiger partial charge in [0.1, 0.15) is 0 Å². The summed E-state index contributed by atoms with van der Waals surface area (Å²) in [5.41, 5.74) is 0. The predicted octanol–water partition coefficient (Wildman–Crippen LogP) is 1.94. The first-order chi connectivity index (χ1) is 7.86. The molecule has 0 aromatic heterocycles. The monoisotopic (exact) mass is 229 g/mol. The minimum atomic E-state index is 0.242. The Morgan fingerprint density at radius 3 is 2.50 bits per heavy atom. The summed E-state index contributed by atoms with van der Waals surface area (Å²) < 4.78 is 5.15. The van der Waals surface area contributed by atoms with E-state index in [4.69, 9.17) is 9.84 Å². The van der Waals surface area contributed by atoms with Gasteiger partial charge >= 0.3 is 0 Å². The summed E-state index contributed by atoms with van der Waals surface area (Å²) in [6.45, 7) is 2.03. The van der Waals surface area contributed by atoms with E-state index < -0.39 is 0 Å². The lowest BCUT2D eigenvalue weighted by molar-refractivity contribution is 0.145. The Morgan fingerprint density at radius 1 is 1.25 bits per heavy atom. The van der Waals surface area contributed by atoms with Crippen molar-refractivity contribution in [2.45, 2.75) is 51.0 Å². The minimum Gasteiger partial charge on any atom is -0.396 e. The molecule has 1 fully saturated rings. The highest BCUT2D eigenvalue weighted by atomic mass is 16.5. The number of aliphatic hydroxyl groups is 1. The highest BCUT2D eigenvalue weighted by Gasteiger charge is 2.14. The summed E-state index contributed by atoms with van der Waals surface area (Å²) in [5, 5.41) is 12.5. The molecule has 0 aromatic rings. The zero-order valence-electron chi connectivity index (χ0n) is 10.6. The molecule has 1 saturated carbocycles. The molecule has 2 N–H and O–H groups in total. The Balaban J connectivity index is 2.18. The molecule has 1 atom stereocenters. The number of rotatable bonds is 7. The van der Waals surface area contributed by atoms with Gasteiger partial charge in [-0.1, -0.05) is 25.7 Å². The number of methoxy groups -OCH3 is 1. The van der Waals surface area contributed by atoms with E-state index in [9.17, 15) is 0 Å². The Morgan fingerprint density at radius 2 is 1.94 bits per heavy atom. The first kappa shape index (κ1) is 13.9. The molecule has 0 amide bonds. The molecule has 0 spiro atoms. The minimum absolute atomic E-state index is 0.242. The summed E-state index contributed by atoms with van der Waals surface area (Å²) in [4.78, 5) is 0. The maximum Gasteiger partial charge on any atom is 0.0616 e. The van der Waals surface area contributed by atoms with E-state index in [0.29, 0.717) is 12.6 Å². The fourth-order valence-corrected chi connectivity index (χ4v) is 2.50. The zero-order valence-corrected chi connectivity index (χ0v) is 10.6. The van der Waals surface area contributed by atoms with Gasteiger partial charge in [0.15, 0.2) is 0 Å². The van der Waals surface area contributed by atoms with E-state index >= 15 is 0 Å². The molecule has 1 rings (SSSR count). The molecule has 0 heterocycles. The summed E-state index contributed by atoms with van der Waals surface area (Å²) in [7, 11) is 1.72. The van der Waals surface area contributed by atoms with Crippen molar-refractivity contribution in [2.24, 2.45) is 5.92 Å². The summed E-state index contributed by atoms with van der Waals surface area (Å²) in [6, 6.07) is 0.318. The van der Waals surface area contributed by atoms with Crippen LogP contribution in [0.3, 0.4) is 0 Å². The van der Waals surface area contributed by atoms with Crippen LogP contribution in [0.5, 0.6) is 0 Å². The van der Waals surface area contributed by atoms with E-state index in [1.54, 1.807) is 7.11 Å². The largest absolute Gasteiger partial charge is 0.396 e. The van der Waals surface area contributed by atoms with Crippen molar-refractivity contribution in [3.8, 4) is 0 Å². The van der Waals surface area contributed by atoms with Crippen LogP contribution in [0.15, 0.2) is 0 Å². The number of ether oxygens (including phenoxy) is 1. The van der Waals surface area contributed by atoms with Crippen molar-refractivity contribution in [2.75, 3.05) is 26.9 Å². The predicted molar refractivity (Wildman–Crippen MR) is 66.6 cm³/mol.